The van der Waals surface area contributed by atoms with Crippen LogP contribution < -0.4 is 0 Å². The molecule has 3 fully saturated rings. The molecule has 0 saturated heterocycles. The summed E-state index contributed by atoms with van der Waals surface area (Å²) < 4.78 is 0. The summed E-state index contributed by atoms with van der Waals surface area (Å²) in [6, 6.07) is 0. The van der Waals surface area contributed by atoms with Crippen LogP contribution in [-0.4, -0.2) is 34.1 Å². The van der Waals surface area contributed by atoms with Gasteiger partial charge in [-0.15, -0.1) is 0 Å². The number of hydrogen-bond donors (Lipinski definition) is 3. The van der Waals surface area contributed by atoms with Crippen LogP contribution in [-0.2, 0) is 0 Å². The van der Waals surface area contributed by atoms with Crippen molar-refractivity contribution in [3.63, 3.8) is 0 Å². The van der Waals surface area contributed by atoms with E-state index in [2.05, 4.69) is 32.6 Å². The lowest BCUT2D eigenvalue weighted by atomic mass is 9.60. The number of fused-ring (bicyclic) bond motifs is 1. The van der Waals surface area contributed by atoms with Crippen molar-refractivity contribution in [2.24, 2.45) is 23.2 Å². The van der Waals surface area contributed by atoms with Gasteiger partial charge in [-0.2, -0.15) is 0 Å². The zero-order chi connectivity index (χ0) is 19.6. The Bertz CT molecular complexity index is 605. The highest BCUT2D eigenvalue weighted by Crippen LogP contribution is 2.59. The average molecular weight is 375 g/mol. The summed E-state index contributed by atoms with van der Waals surface area (Å²) in [4.78, 5) is 0. The Balaban J connectivity index is 1.77. The van der Waals surface area contributed by atoms with Gasteiger partial charge in [-0.3, -0.25) is 0 Å². The molecule has 3 rings (SSSR count). The molecule has 3 aliphatic rings. The van der Waals surface area contributed by atoms with Crippen molar-refractivity contribution in [3.8, 4) is 0 Å². The maximum atomic E-state index is 10.1. The molecule has 6 atom stereocenters. The van der Waals surface area contributed by atoms with Gasteiger partial charge in [-0.05, 0) is 85.7 Å². The standard InChI is InChI=1S/C24H38O3/c1-16(6-5-13-25)21-10-11-22-18(7-4-12-24(21,22)3)8-9-19-14-20(26)15-23(27)17(19)2/h8-9,16,20-23,25-27H,2,4-7,10-15H2,1,3H3/b18-8+,19-9+/t16-,20-,21-,22+,23+,24-/m1/s1. The third-order valence-corrected chi connectivity index (χ3v) is 7.81. The van der Waals surface area contributed by atoms with Crippen LogP contribution in [0.3, 0.4) is 0 Å². The zero-order valence-corrected chi connectivity index (χ0v) is 17.2. The quantitative estimate of drug-likeness (QED) is 0.662. The molecule has 0 aromatic carbocycles. The fraction of sp³-hybridized carbons (Fsp3) is 0.750. The van der Waals surface area contributed by atoms with Crippen LogP contribution >= 0.6 is 0 Å². The summed E-state index contributed by atoms with van der Waals surface area (Å²) in [6.45, 7) is 9.22. The summed E-state index contributed by atoms with van der Waals surface area (Å²) in [5.41, 5.74) is 3.71. The molecule has 3 aliphatic carbocycles. The molecule has 27 heavy (non-hydrogen) atoms. The van der Waals surface area contributed by atoms with Gasteiger partial charge in [-0.1, -0.05) is 38.2 Å². The van der Waals surface area contributed by atoms with Crippen molar-refractivity contribution in [3.05, 3.63) is 35.5 Å². The average Bonchev–Trinajstić information content (AvgIpc) is 2.99. The first kappa shape index (κ1) is 20.8. The fourth-order valence-corrected chi connectivity index (χ4v) is 6.29. The van der Waals surface area contributed by atoms with Crippen LogP contribution in [0.5, 0.6) is 0 Å². The van der Waals surface area contributed by atoms with Gasteiger partial charge in [0.1, 0.15) is 0 Å². The highest BCUT2D eigenvalue weighted by atomic mass is 16.3. The minimum Gasteiger partial charge on any atom is -0.396 e. The summed E-state index contributed by atoms with van der Waals surface area (Å²) >= 11 is 0. The predicted octanol–water partition coefficient (Wildman–Crippen LogP) is 4.54. The van der Waals surface area contributed by atoms with Gasteiger partial charge in [0.15, 0.2) is 0 Å². The largest absolute Gasteiger partial charge is 0.396 e. The minimum absolute atomic E-state index is 0.303. The van der Waals surface area contributed by atoms with E-state index in [0.717, 1.165) is 29.9 Å². The van der Waals surface area contributed by atoms with Gasteiger partial charge in [0, 0.05) is 13.0 Å². The monoisotopic (exact) mass is 374 g/mol. The number of allylic oxidation sites excluding steroid dienone is 3. The molecular weight excluding hydrogens is 336 g/mol. The van der Waals surface area contributed by atoms with E-state index in [4.69, 9.17) is 0 Å². The normalized spacial score (nSPS) is 41.1. The fourth-order valence-electron chi connectivity index (χ4n) is 6.29. The van der Waals surface area contributed by atoms with Crippen LogP contribution in [0.25, 0.3) is 0 Å². The molecule has 0 amide bonds. The van der Waals surface area contributed by atoms with Gasteiger partial charge in [0.05, 0.1) is 12.2 Å². The van der Waals surface area contributed by atoms with Gasteiger partial charge in [0.25, 0.3) is 0 Å². The van der Waals surface area contributed by atoms with Crippen LogP contribution in [0, 0.1) is 23.2 Å². The van der Waals surface area contributed by atoms with E-state index >= 15 is 0 Å². The topological polar surface area (TPSA) is 60.7 Å². The molecule has 0 aromatic heterocycles. The van der Waals surface area contributed by atoms with E-state index in [1.165, 1.54) is 32.1 Å². The second-order valence-electron chi connectivity index (χ2n) is 9.51. The lowest BCUT2D eigenvalue weighted by Crippen LogP contribution is -2.36. The predicted molar refractivity (Wildman–Crippen MR) is 110 cm³/mol. The van der Waals surface area contributed by atoms with Gasteiger partial charge in [-0.25, -0.2) is 0 Å². The summed E-state index contributed by atoms with van der Waals surface area (Å²) in [5.74, 6) is 2.07. The highest BCUT2D eigenvalue weighted by molar-refractivity contribution is 5.38. The van der Waals surface area contributed by atoms with Crippen molar-refractivity contribution in [2.75, 3.05) is 6.61 Å². The van der Waals surface area contributed by atoms with Gasteiger partial charge in [0.2, 0.25) is 0 Å². The first-order chi connectivity index (χ1) is 12.9. The van der Waals surface area contributed by atoms with E-state index in [9.17, 15) is 15.3 Å². The maximum absolute atomic E-state index is 10.1. The van der Waals surface area contributed by atoms with Gasteiger partial charge < -0.3 is 15.3 Å². The molecule has 0 radical (unpaired) electrons. The lowest BCUT2D eigenvalue weighted by Gasteiger charge is -2.44. The van der Waals surface area contributed by atoms with Crippen molar-refractivity contribution in [1.29, 1.82) is 0 Å². The molecule has 0 unspecified atom stereocenters. The van der Waals surface area contributed by atoms with E-state index in [0.29, 0.717) is 36.7 Å². The summed E-state index contributed by atoms with van der Waals surface area (Å²) in [7, 11) is 0. The van der Waals surface area contributed by atoms with Crippen LogP contribution in [0.15, 0.2) is 35.5 Å². The second-order valence-corrected chi connectivity index (χ2v) is 9.51. The Kier molecular flexibility index (Phi) is 6.66. The van der Waals surface area contributed by atoms with Crippen molar-refractivity contribution >= 4 is 0 Å². The molecule has 0 spiro atoms. The first-order valence-electron chi connectivity index (χ1n) is 10.9. The molecular formula is C24H38O3. The molecule has 0 heterocycles. The Labute approximate surface area is 164 Å². The zero-order valence-electron chi connectivity index (χ0n) is 17.2. The summed E-state index contributed by atoms with van der Waals surface area (Å²) in [6.07, 6.45) is 12.7. The third-order valence-electron chi connectivity index (χ3n) is 7.81. The summed E-state index contributed by atoms with van der Waals surface area (Å²) in [5, 5.41) is 29.2. The van der Waals surface area contributed by atoms with E-state index in [1.54, 1.807) is 5.57 Å². The van der Waals surface area contributed by atoms with Crippen molar-refractivity contribution < 1.29 is 15.3 Å². The number of rotatable bonds is 5. The Morgan fingerprint density at radius 2 is 2.04 bits per heavy atom. The molecule has 3 N–H and O–H groups in total. The smallest absolute Gasteiger partial charge is 0.0811 e. The molecule has 152 valence electrons. The van der Waals surface area contributed by atoms with Crippen LogP contribution in [0.1, 0.15) is 71.6 Å². The maximum Gasteiger partial charge on any atom is 0.0811 e. The molecule has 3 saturated carbocycles. The Morgan fingerprint density at radius 1 is 1.26 bits per heavy atom. The van der Waals surface area contributed by atoms with Crippen molar-refractivity contribution in [1.82, 2.24) is 0 Å². The number of aliphatic hydroxyl groups excluding tert-OH is 3. The molecule has 0 aromatic rings. The van der Waals surface area contributed by atoms with E-state index in [-0.39, 0.29) is 0 Å². The first-order valence-corrected chi connectivity index (χ1v) is 10.9. The lowest BCUT2D eigenvalue weighted by molar-refractivity contribution is 0.0861. The molecule has 0 bridgehead atoms. The minimum atomic E-state index is -0.613. The van der Waals surface area contributed by atoms with E-state index in [1.807, 2.05) is 0 Å². The van der Waals surface area contributed by atoms with Crippen molar-refractivity contribution in [2.45, 2.75) is 83.8 Å². The SMILES string of the molecule is C=C1/C(=C/C=C2\CCC[C@]3(C)[C@@H]([C@H](C)CCCO)CC[C@@H]23)C[C@@H](O)C[C@@H]1O. The number of aliphatic hydroxyl groups is 3. The molecule has 3 heteroatoms. The van der Waals surface area contributed by atoms with Gasteiger partial charge >= 0.3 is 0 Å². The van der Waals surface area contributed by atoms with Crippen LogP contribution in [0.4, 0.5) is 0 Å². The molecule has 3 nitrogen and oxygen atoms in total. The highest BCUT2D eigenvalue weighted by Gasteiger charge is 2.50. The van der Waals surface area contributed by atoms with E-state index < -0.39 is 12.2 Å². The second kappa shape index (κ2) is 8.63. The Hall–Kier alpha value is -0.900. The third kappa shape index (κ3) is 4.26. The molecule has 0 aliphatic heterocycles. The number of hydrogen-bond acceptors (Lipinski definition) is 3. The Morgan fingerprint density at radius 3 is 2.78 bits per heavy atom. The van der Waals surface area contributed by atoms with Crippen LogP contribution in [0.2, 0.25) is 0 Å².